The molecule has 1 aromatic heterocycles. The van der Waals surface area contributed by atoms with Crippen molar-refractivity contribution in [1.29, 1.82) is 0 Å². The van der Waals surface area contributed by atoms with Crippen LogP contribution in [-0.4, -0.2) is 46.7 Å². The van der Waals surface area contributed by atoms with E-state index in [1.807, 2.05) is 60.4 Å². The van der Waals surface area contributed by atoms with E-state index in [9.17, 15) is 8.42 Å². The number of rotatable bonds is 6. The Labute approximate surface area is 205 Å². The van der Waals surface area contributed by atoms with Gasteiger partial charge in [-0.1, -0.05) is 35.9 Å². The van der Waals surface area contributed by atoms with Crippen molar-refractivity contribution in [3.63, 3.8) is 0 Å². The Hall–Kier alpha value is -3.78. The molecule has 0 bridgehead atoms. The number of sulfone groups is 1. The molecule has 2 heterocycles. The maximum absolute atomic E-state index is 13.6. The molecule has 1 saturated heterocycles. The summed E-state index contributed by atoms with van der Waals surface area (Å²) in [5.41, 5.74) is 2.94. The third-order valence-electron chi connectivity index (χ3n) is 6.19. The van der Waals surface area contributed by atoms with Crippen molar-refractivity contribution in [2.24, 2.45) is 0 Å². The Balaban J connectivity index is 1.47. The number of aromatic nitrogens is 1. The van der Waals surface area contributed by atoms with E-state index in [0.29, 0.717) is 24.9 Å². The summed E-state index contributed by atoms with van der Waals surface area (Å²) in [6, 6.07) is 24.0. The minimum Gasteiger partial charge on any atom is -0.497 e. The average Bonchev–Trinajstić information content (AvgIpc) is 3.36. The number of anilines is 2. The van der Waals surface area contributed by atoms with Crippen molar-refractivity contribution in [2.75, 3.05) is 43.1 Å². The summed E-state index contributed by atoms with van der Waals surface area (Å²) in [6.07, 6.45) is 0. The summed E-state index contributed by atoms with van der Waals surface area (Å²) in [7, 11) is -2.21. The van der Waals surface area contributed by atoms with E-state index in [1.165, 1.54) is 0 Å². The molecule has 3 aromatic carbocycles. The van der Waals surface area contributed by atoms with Crippen LogP contribution in [-0.2, 0) is 9.84 Å². The molecule has 0 radical (unpaired) electrons. The Morgan fingerprint density at radius 1 is 0.829 bits per heavy atom. The third kappa shape index (κ3) is 4.61. The number of nitrogens with zero attached hydrogens (tertiary/aromatic N) is 3. The number of piperazine rings is 1. The molecule has 0 atom stereocenters. The van der Waals surface area contributed by atoms with Crippen LogP contribution in [0.5, 0.6) is 5.75 Å². The molecule has 1 aliphatic heterocycles. The maximum atomic E-state index is 13.6. The van der Waals surface area contributed by atoms with E-state index in [0.717, 1.165) is 35.7 Å². The van der Waals surface area contributed by atoms with Crippen molar-refractivity contribution >= 4 is 21.4 Å². The molecule has 0 unspecified atom stereocenters. The van der Waals surface area contributed by atoms with Gasteiger partial charge in [-0.25, -0.2) is 8.42 Å². The highest BCUT2D eigenvalue weighted by Gasteiger charge is 2.32. The molecule has 0 spiro atoms. The zero-order chi connectivity index (χ0) is 24.4. The maximum Gasteiger partial charge on any atom is 0.236 e. The van der Waals surface area contributed by atoms with Gasteiger partial charge in [-0.3, -0.25) is 0 Å². The quantitative estimate of drug-likeness (QED) is 0.384. The second kappa shape index (κ2) is 9.46. The average molecular weight is 490 g/mol. The van der Waals surface area contributed by atoms with Gasteiger partial charge in [0.1, 0.15) is 5.75 Å². The SMILES string of the molecule is COc1ccc(N2CCN(c3oc(-c4ccc(C)cc4)nc3S(=O)(=O)c3ccccc3)CC2)cc1. The van der Waals surface area contributed by atoms with Crippen LogP contribution < -0.4 is 14.5 Å². The molecule has 0 saturated carbocycles. The first-order valence-corrected chi connectivity index (χ1v) is 13.0. The number of methoxy groups -OCH3 is 1. The summed E-state index contributed by atoms with van der Waals surface area (Å²) < 4.78 is 38.6. The molecular weight excluding hydrogens is 462 g/mol. The van der Waals surface area contributed by atoms with Crippen LogP contribution in [0.15, 0.2) is 93.2 Å². The van der Waals surface area contributed by atoms with Gasteiger partial charge in [-0.05, 0) is 55.5 Å². The van der Waals surface area contributed by atoms with Gasteiger partial charge in [-0.15, -0.1) is 0 Å². The predicted octanol–water partition coefficient (Wildman–Crippen LogP) is 4.82. The number of ether oxygens (including phenoxy) is 1. The highest BCUT2D eigenvalue weighted by molar-refractivity contribution is 7.91. The normalized spacial score (nSPS) is 14.2. The first-order chi connectivity index (χ1) is 17.0. The molecule has 180 valence electrons. The van der Waals surface area contributed by atoms with Gasteiger partial charge in [0, 0.05) is 37.4 Å². The molecule has 0 aliphatic carbocycles. The standard InChI is InChI=1S/C27H27N3O4S/c1-20-8-10-21(11-9-20)25-28-26(35(31,32)24-6-4-3-5-7-24)27(34-25)30-18-16-29(17-19-30)22-12-14-23(33-2)15-13-22/h3-15H,16-19H2,1-2H3. The van der Waals surface area contributed by atoms with Gasteiger partial charge in [0.15, 0.2) is 0 Å². The van der Waals surface area contributed by atoms with E-state index in [-0.39, 0.29) is 9.92 Å². The van der Waals surface area contributed by atoms with Gasteiger partial charge >= 0.3 is 0 Å². The molecule has 0 N–H and O–H groups in total. The fourth-order valence-electron chi connectivity index (χ4n) is 4.16. The van der Waals surface area contributed by atoms with Crippen molar-refractivity contribution in [2.45, 2.75) is 16.8 Å². The molecule has 35 heavy (non-hydrogen) atoms. The van der Waals surface area contributed by atoms with Gasteiger partial charge in [-0.2, -0.15) is 4.98 Å². The second-order valence-electron chi connectivity index (χ2n) is 8.48. The molecule has 0 amide bonds. The summed E-state index contributed by atoms with van der Waals surface area (Å²) in [5, 5.41) is -0.0443. The van der Waals surface area contributed by atoms with Gasteiger partial charge in [0.2, 0.25) is 26.6 Å². The number of oxazole rings is 1. The Morgan fingerprint density at radius 3 is 2.09 bits per heavy atom. The molecular formula is C27H27N3O4S. The topological polar surface area (TPSA) is 75.9 Å². The molecule has 1 aliphatic rings. The highest BCUT2D eigenvalue weighted by atomic mass is 32.2. The predicted molar refractivity (Wildman–Crippen MR) is 136 cm³/mol. The van der Waals surface area contributed by atoms with Crippen LogP contribution in [0.25, 0.3) is 11.5 Å². The Morgan fingerprint density at radius 2 is 1.46 bits per heavy atom. The van der Waals surface area contributed by atoms with Crippen molar-refractivity contribution in [1.82, 2.24) is 4.98 Å². The van der Waals surface area contributed by atoms with Crippen LogP contribution in [0, 0.1) is 6.92 Å². The van der Waals surface area contributed by atoms with Gasteiger partial charge in [0.25, 0.3) is 0 Å². The number of hydrogen-bond donors (Lipinski definition) is 0. The van der Waals surface area contributed by atoms with Crippen LogP contribution in [0.2, 0.25) is 0 Å². The van der Waals surface area contributed by atoms with E-state index in [1.54, 1.807) is 37.4 Å². The van der Waals surface area contributed by atoms with Gasteiger partial charge < -0.3 is 19.0 Å². The van der Waals surface area contributed by atoms with Crippen molar-refractivity contribution in [3.8, 4) is 17.2 Å². The molecule has 8 heteroatoms. The summed E-state index contributed by atoms with van der Waals surface area (Å²) >= 11 is 0. The first kappa shape index (κ1) is 23.0. The first-order valence-electron chi connectivity index (χ1n) is 11.5. The lowest BCUT2D eigenvalue weighted by Crippen LogP contribution is -2.46. The van der Waals surface area contributed by atoms with Crippen molar-refractivity contribution < 1.29 is 17.6 Å². The second-order valence-corrected chi connectivity index (χ2v) is 10.3. The minimum atomic E-state index is -3.86. The summed E-state index contributed by atoms with van der Waals surface area (Å²) in [5.74, 6) is 1.40. The lowest BCUT2D eigenvalue weighted by atomic mass is 10.1. The van der Waals surface area contributed by atoms with Crippen LogP contribution >= 0.6 is 0 Å². The zero-order valence-electron chi connectivity index (χ0n) is 19.7. The van der Waals surface area contributed by atoms with E-state index in [2.05, 4.69) is 9.88 Å². The fourth-order valence-corrected chi connectivity index (χ4v) is 5.51. The van der Waals surface area contributed by atoms with Crippen LogP contribution in [0.4, 0.5) is 11.6 Å². The lowest BCUT2D eigenvalue weighted by molar-refractivity contribution is 0.415. The number of hydrogen-bond acceptors (Lipinski definition) is 7. The summed E-state index contributed by atoms with van der Waals surface area (Å²) in [4.78, 5) is 8.94. The minimum absolute atomic E-state index is 0.0443. The smallest absolute Gasteiger partial charge is 0.236 e. The Kier molecular flexibility index (Phi) is 6.21. The van der Waals surface area contributed by atoms with E-state index in [4.69, 9.17) is 9.15 Å². The van der Waals surface area contributed by atoms with Gasteiger partial charge in [0.05, 0.1) is 12.0 Å². The van der Waals surface area contributed by atoms with Crippen LogP contribution in [0.1, 0.15) is 5.56 Å². The highest BCUT2D eigenvalue weighted by Crippen LogP contribution is 2.35. The summed E-state index contributed by atoms with van der Waals surface area (Å²) in [6.45, 7) is 4.64. The van der Waals surface area contributed by atoms with E-state index >= 15 is 0 Å². The third-order valence-corrected chi connectivity index (χ3v) is 7.86. The van der Waals surface area contributed by atoms with Crippen LogP contribution in [0.3, 0.4) is 0 Å². The number of benzene rings is 3. The van der Waals surface area contributed by atoms with Crippen molar-refractivity contribution in [3.05, 3.63) is 84.4 Å². The zero-order valence-corrected chi connectivity index (χ0v) is 20.5. The lowest BCUT2D eigenvalue weighted by Gasteiger charge is -2.36. The molecule has 7 nitrogen and oxygen atoms in total. The Bertz CT molecular complexity index is 1390. The largest absolute Gasteiger partial charge is 0.497 e. The molecule has 5 rings (SSSR count). The fraction of sp³-hybridized carbons (Fsp3) is 0.222. The molecule has 4 aromatic rings. The number of aryl methyl sites for hydroxylation is 1. The molecule has 1 fully saturated rings. The van der Waals surface area contributed by atoms with E-state index < -0.39 is 9.84 Å². The monoisotopic (exact) mass is 489 g/mol.